The van der Waals surface area contributed by atoms with E-state index >= 15 is 0 Å². The van der Waals surface area contributed by atoms with Crippen molar-refractivity contribution in [1.82, 2.24) is 4.90 Å². The molecule has 2 N–H and O–H groups in total. The maximum absolute atomic E-state index is 5.96. The van der Waals surface area contributed by atoms with Crippen molar-refractivity contribution in [1.29, 1.82) is 0 Å². The van der Waals surface area contributed by atoms with Gasteiger partial charge >= 0.3 is 0 Å². The average Bonchev–Trinajstić information content (AvgIpc) is 2.29. The van der Waals surface area contributed by atoms with E-state index < -0.39 is 0 Å². The van der Waals surface area contributed by atoms with Crippen LogP contribution in [-0.2, 0) is 5.41 Å². The molecule has 0 saturated carbocycles. The highest BCUT2D eigenvalue weighted by molar-refractivity contribution is 7.80. The first kappa shape index (κ1) is 14.1. The van der Waals surface area contributed by atoms with Crippen molar-refractivity contribution in [2.45, 2.75) is 31.7 Å². The van der Waals surface area contributed by atoms with Crippen LogP contribution in [0.5, 0.6) is 0 Å². The average molecular weight is 250 g/mol. The van der Waals surface area contributed by atoms with Crippen LogP contribution in [0.25, 0.3) is 0 Å². The molecule has 0 spiro atoms. The van der Waals surface area contributed by atoms with Gasteiger partial charge in [-0.15, -0.1) is 0 Å². The summed E-state index contributed by atoms with van der Waals surface area (Å²) < 4.78 is 0. The normalized spacial score (nSPS) is 16.5. The van der Waals surface area contributed by atoms with Crippen molar-refractivity contribution >= 4 is 17.2 Å². The van der Waals surface area contributed by atoms with E-state index in [0.717, 1.165) is 6.42 Å². The minimum absolute atomic E-state index is 0.236. The van der Waals surface area contributed by atoms with Crippen LogP contribution < -0.4 is 5.73 Å². The first-order valence-electron chi connectivity index (χ1n) is 5.90. The van der Waals surface area contributed by atoms with Gasteiger partial charge in [-0.1, -0.05) is 42.5 Å². The van der Waals surface area contributed by atoms with Gasteiger partial charge in [0.05, 0.1) is 4.99 Å². The van der Waals surface area contributed by atoms with Gasteiger partial charge in [-0.2, -0.15) is 0 Å². The third-order valence-electron chi connectivity index (χ3n) is 3.54. The molecule has 1 aromatic rings. The fourth-order valence-electron chi connectivity index (χ4n) is 1.94. The highest BCUT2D eigenvalue weighted by Gasteiger charge is 2.32. The quantitative estimate of drug-likeness (QED) is 0.814. The largest absolute Gasteiger partial charge is 0.393 e. The Balaban J connectivity index is 3.03. The predicted molar refractivity (Wildman–Crippen MR) is 78.3 cm³/mol. The van der Waals surface area contributed by atoms with E-state index in [1.54, 1.807) is 0 Å². The molecule has 0 saturated heterocycles. The van der Waals surface area contributed by atoms with Crippen LogP contribution in [0, 0.1) is 0 Å². The van der Waals surface area contributed by atoms with E-state index in [9.17, 15) is 0 Å². The molecule has 0 amide bonds. The maximum atomic E-state index is 5.96. The first-order chi connectivity index (χ1) is 7.88. The van der Waals surface area contributed by atoms with E-state index in [2.05, 4.69) is 45.0 Å². The van der Waals surface area contributed by atoms with Gasteiger partial charge in [0.1, 0.15) is 0 Å². The molecule has 0 heterocycles. The second-order valence-corrected chi connectivity index (χ2v) is 5.52. The number of thiocarbonyl (C=S) groups is 1. The molecule has 17 heavy (non-hydrogen) atoms. The van der Waals surface area contributed by atoms with Crippen molar-refractivity contribution in [2.75, 3.05) is 14.1 Å². The number of nitrogens with two attached hydrogens (primary N) is 1. The Morgan fingerprint density at radius 1 is 1.35 bits per heavy atom. The van der Waals surface area contributed by atoms with Gasteiger partial charge in [-0.05, 0) is 39.9 Å². The summed E-state index contributed by atoms with van der Waals surface area (Å²) in [5.41, 5.74) is 6.92. The van der Waals surface area contributed by atoms with E-state index in [4.69, 9.17) is 18.0 Å². The summed E-state index contributed by atoms with van der Waals surface area (Å²) in [5.74, 6) is 0. The Bertz CT molecular complexity index is 375. The summed E-state index contributed by atoms with van der Waals surface area (Å²) in [5, 5.41) is 0. The lowest BCUT2D eigenvalue weighted by Gasteiger charge is -2.34. The van der Waals surface area contributed by atoms with Crippen molar-refractivity contribution in [3.8, 4) is 0 Å². The van der Waals surface area contributed by atoms with Crippen LogP contribution in [0.4, 0.5) is 0 Å². The lowest BCUT2D eigenvalue weighted by molar-refractivity contribution is 0.273. The van der Waals surface area contributed by atoms with Crippen LogP contribution in [0.1, 0.15) is 25.8 Å². The predicted octanol–water partition coefficient (Wildman–Crippen LogP) is 2.57. The Morgan fingerprint density at radius 3 is 2.29 bits per heavy atom. The smallest absolute Gasteiger partial charge is 0.0832 e. The molecular weight excluding hydrogens is 228 g/mol. The fraction of sp³-hybridized carbons (Fsp3) is 0.500. The van der Waals surface area contributed by atoms with Gasteiger partial charge in [0.2, 0.25) is 0 Å². The molecule has 2 atom stereocenters. The Morgan fingerprint density at radius 2 is 1.88 bits per heavy atom. The molecule has 0 bridgehead atoms. The summed E-state index contributed by atoms with van der Waals surface area (Å²) in [6.07, 6.45) is 0.930. The van der Waals surface area contributed by atoms with E-state index in [0.29, 0.717) is 11.0 Å². The summed E-state index contributed by atoms with van der Waals surface area (Å²) in [6, 6.07) is 10.7. The molecule has 0 aliphatic carbocycles. The minimum atomic E-state index is -0.236. The molecule has 0 aliphatic heterocycles. The lowest BCUT2D eigenvalue weighted by atomic mass is 9.77. The molecule has 2 nitrogen and oxygen atoms in total. The highest BCUT2D eigenvalue weighted by atomic mass is 32.1. The Hall–Kier alpha value is -0.930. The number of nitrogens with zero attached hydrogens (tertiary/aromatic N) is 1. The molecule has 0 aliphatic rings. The summed E-state index contributed by atoms with van der Waals surface area (Å²) in [4.78, 5) is 2.76. The van der Waals surface area contributed by atoms with Crippen molar-refractivity contribution in [3.63, 3.8) is 0 Å². The highest BCUT2D eigenvalue weighted by Crippen LogP contribution is 2.30. The summed E-state index contributed by atoms with van der Waals surface area (Å²) >= 11 is 5.28. The second kappa shape index (κ2) is 5.61. The number of hydrogen-bond donors (Lipinski definition) is 1. The van der Waals surface area contributed by atoms with Gasteiger partial charge in [-0.3, -0.25) is 0 Å². The Labute approximate surface area is 110 Å². The van der Waals surface area contributed by atoms with E-state index in [1.165, 1.54) is 5.56 Å². The van der Waals surface area contributed by atoms with Gasteiger partial charge in [0.25, 0.3) is 0 Å². The van der Waals surface area contributed by atoms with Crippen molar-refractivity contribution in [3.05, 3.63) is 35.9 Å². The molecule has 0 fully saturated rings. The topological polar surface area (TPSA) is 29.3 Å². The molecule has 1 aromatic carbocycles. The lowest BCUT2D eigenvalue weighted by Crippen LogP contribution is -2.42. The van der Waals surface area contributed by atoms with E-state index in [1.807, 2.05) is 18.2 Å². The summed E-state index contributed by atoms with van der Waals surface area (Å²) in [6.45, 7) is 4.32. The first-order valence-corrected chi connectivity index (χ1v) is 6.30. The third kappa shape index (κ3) is 3.27. The zero-order valence-corrected chi connectivity index (χ0v) is 11.9. The van der Waals surface area contributed by atoms with Gasteiger partial charge in [0, 0.05) is 11.5 Å². The zero-order chi connectivity index (χ0) is 13.1. The van der Waals surface area contributed by atoms with Gasteiger partial charge < -0.3 is 10.6 Å². The van der Waals surface area contributed by atoms with Crippen LogP contribution in [-0.4, -0.2) is 30.0 Å². The third-order valence-corrected chi connectivity index (χ3v) is 3.99. The standard InChI is InChI=1S/C14H22N2S/c1-11(16(3)4)10-14(2,13(15)17)12-8-6-5-7-9-12/h5-9,11H,10H2,1-4H3,(H2,15,17). The number of hydrogen-bond acceptors (Lipinski definition) is 2. The fourth-order valence-corrected chi connectivity index (χ4v) is 2.14. The van der Waals surface area contributed by atoms with E-state index in [-0.39, 0.29) is 5.41 Å². The molecule has 94 valence electrons. The Kier molecular flexibility index (Phi) is 4.66. The number of benzene rings is 1. The molecule has 0 aromatic heterocycles. The second-order valence-electron chi connectivity index (χ2n) is 5.08. The molecular formula is C14H22N2S. The molecule has 0 radical (unpaired) electrons. The zero-order valence-electron chi connectivity index (χ0n) is 11.1. The van der Waals surface area contributed by atoms with Crippen molar-refractivity contribution < 1.29 is 0 Å². The summed E-state index contributed by atoms with van der Waals surface area (Å²) in [7, 11) is 4.16. The van der Waals surface area contributed by atoms with Crippen LogP contribution in [0.3, 0.4) is 0 Å². The molecule has 1 rings (SSSR count). The monoisotopic (exact) mass is 250 g/mol. The molecule has 3 heteroatoms. The van der Waals surface area contributed by atoms with Crippen LogP contribution in [0.15, 0.2) is 30.3 Å². The van der Waals surface area contributed by atoms with Gasteiger partial charge in [0.15, 0.2) is 0 Å². The molecule has 2 unspecified atom stereocenters. The van der Waals surface area contributed by atoms with Crippen LogP contribution >= 0.6 is 12.2 Å². The van der Waals surface area contributed by atoms with Crippen molar-refractivity contribution in [2.24, 2.45) is 5.73 Å². The number of rotatable bonds is 5. The SMILES string of the molecule is CC(CC(C)(C(N)=S)c1ccccc1)N(C)C. The minimum Gasteiger partial charge on any atom is -0.393 e. The maximum Gasteiger partial charge on any atom is 0.0832 e. The van der Waals surface area contributed by atoms with Crippen LogP contribution in [0.2, 0.25) is 0 Å². The van der Waals surface area contributed by atoms with Gasteiger partial charge in [-0.25, -0.2) is 0 Å².